The van der Waals surface area contributed by atoms with Gasteiger partial charge in [-0.05, 0) is 19.4 Å². The van der Waals surface area contributed by atoms with Crippen LogP contribution in [0.25, 0.3) is 0 Å². The van der Waals surface area contributed by atoms with Gasteiger partial charge in [0.25, 0.3) is 0 Å². The van der Waals surface area contributed by atoms with Gasteiger partial charge in [0.1, 0.15) is 0 Å². The normalized spacial score (nSPS) is 11.7. The van der Waals surface area contributed by atoms with Crippen LogP contribution in [0, 0.1) is 0 Å². The fourth-order valence-corrected chi connectivity index (χ4v) is 0.874. The van der Waals surface area contributed by atoms with E-state index in [1.54, 1.807) is 0 Å². The molecule has 0 heterocycles. The number of ketones is 1. The molecule has 0 N–H and O–H groups in total. The Labute approximate surface area is 60.7 Å². The third kappa shape index (κ3) is 5.57. The largest absolute Gasteiger partial charge is 0.295 e. The Balaban J connectivity index is 3.69. The van der Waals surface area contributed by atoms with Crippen LogP contribution in [0.2, 0.25) is 0 Å². The highest BCUT2D eigenvalue weighted by atomic mass is 35.5. The molecule has 9 heavy (non-hydrogen) atoms. The van der Waals surface area contributed by atoms with Gasteiger partial charge in [0, 0.05) is 5.03 Å². The van der Waals surface area contributed by atoms with E-state index < -0.39 is 0 Å². The van der Waals surface area contributed by atoms with Crippen LogP contribution in [0.15, 0.2) is 11.1 Å². The van der Waals surface area contributed by atoms with Crippen LogP contribution >= 0.6 is 11.6 Å². The van der Waals surface area contributed by atoms with Crippen LogP contribution in [0.1, 0.15) is 26.7 Å². The average Bonchev–Trinajstić information content (AvgIpc) is 1.63. The zero-order valence-corrected chi connectivity index (χ0v) is 6.53. The summed E-state index contributed by atoms with van der Waals surface area (Å²) in [6.07, 6.45) is 3.26. The van der Waals surface area contributed by atoms with E-state index in [1.807, 2.05) is 6.92 Å². The second-order valence-corrected chi connectivity index (χ2v) is 2.44. The Hall–Kier alpha value is -0.300. The maximum Gasteiger partial charge on any atom is 0.153 e. The lowest BCUT2D eigenvalue weighted by Gasteiger charge is -1.90. The second-order valence-electron chi connectivity index (χ2n) is 1.95. The number of allylic oxidation sites excluding steroid dienone is 2. The molecule has 0 saturated heterocycles. The Morgan fingerprint density at radius 3 is 2.56 bits per heavy atom. The van der Waals surface area contributed by atoms with E-state index in [-0.39, 0.29) is 5.78 Å². The third-order valence-corrected chi connectivity index (χ3v) is 1.15. The Morgan fingerprint density at radius 1 is 1.67 bits per heavy atom. The van der Waals surface area contributed by atoms with E-state index in [9.17, 15) is 4.79 Å². The fourth-order valence-electron chi connectivity index (χ4n) is 0.532. The van der Waals surface area contributed by atoms with Crippen molar-refractivity contribution in [3.05, 3.63) is 11.1 Å². The minimum atomic E-state index is 0.0217. The first-order valence-electron chi connectivity index (χ1n) is 3.03. The van der Waals surface area contributed by atoms with Gasteiger partial charge in [0.2, 0.25) is 0 Å². The average molecular weight is 147 g/mol. The number of hydrogen-bond acceptors (Lipinski definition) is 1. The van der Waals surface area contributed by atoms with Crippen LogP contribution in [0.3, 0.4) is 0 Å². The van der Waals surface area contributed by atoms with Gasteiger partial charge in [0.15, 0.2) is 5.78 Å². The highest BCUT2D eigenvalue weighted by molar-refractivity contribution is 6.30. The molecule has 2 heteroatoms. The second kappa shape index (κ2) is 4.57. The molecule has 0 rings (SSSR count). The Bertz CT molecular complexity index is 127. The van der Waals surface area contributed by atoms with E-state index in [0.717, 1.165) is 12.8 Å². The quantitative estimate of drug-likeness (QED) is 0.560. The molecule has 52 valence electrons. The smallest absolute Gasteiger partial charge is 0.153 e. The van der Waals surface area contributed by atoms with Crippen molar-refractivity contribution >= 4 is 17.4 Å². The summed E-state index contributed by atoms with van der Waals surface area (Å²) in [7, 11) is 0. The summed E-state index contributed by atoms with van der Waals surface area (Å²) < 4.78 is 0. The van der Waals surface area contributed by atoms with Crippen molar-refractivity contribution in [3.8, 4) is 0 Å². The van der Waals surface area contributed by atoms with Gasteiger partial charge in [-0.3, -0.25) is 4.79 Å². The van der Waals surface area contributed by atoms with Gasteiger partial charge in [-0.1, -0.05) is 24.9 Å². The van der Waals surface area contributed by atoms with Crippen LogP contribution < -0.4 is 0 Å². The minimum absolute atomic E-state index is 0.0217. The van der Waals surface area contributed by atoms with Gasteiger partial charge < -0.3 is 0 Å². The van der Waals surface area contributed by atoms with Gasteiger partial charge in [-0.15, -0.1) is 0 Å². The Morgan fingerprint density at radius 2 is 2.22 bits per heavy atom. The van der Waals surface area contributed by atoms with Crippen molar-refractivity contribution in [2.24, 2.45) is 0 Å². The molecule has 0 aliphatic carbocycles. The number of rotatable bonds is 3. The predicted molar refractivity (Wildman–Crippen MR) is 39.5 cm³/mol. The number of hydrogen-bond donors (Lipinski definition) is 0. The van der Waals surface area contributed by atoms with E-state index >= 15 is 0 Å². The zero-order chi connectivity index (χ0) is 7.28. The lowest BCUT2D eigenvalue weighted by atomic mass is 10.3. The lowest BCUT2D eigenvalue weighted by molar-refractivity contribution is -0.112. The van der Waals surface area contributed by atoms with Gasteiger partial charge in [-0.2, -0.15) is 0 Å². The van der Waals surface area contributed by atoms with Crippen LogP contribution in [-0.2, 0) is 4.79 Å². The molecule has 0 saturated carbocycles. The fraction of sp³-hybridized carbons (Fsp3) is 0.571. The first-order valence-corrected chi connectivity index (χ1v) is 3.41. The molecule has 0 bridgehead atoms. The molecule has 0 aromatic heterocycles. The van der Waals surface area contributed by atoms with Crippen molar-refractivity contribution in [1.29, 1.82) is 0 Å². The van der Waals surface area contributed by atoms with E-state index in [1.165, 1.54) is 13.0 Å². The predicted octanol–water partition coefficient (Wildman–Crippen LogP) is 2.50. The summed E-state index contributed by atoms with van der Waals surface area (Å²) >= 11 is 5.62. The first-order chi connectivity index (χ1) is 4.16. The summed E-state index contributed by atoms with van der Waals surface area (Å²) in [5, 5.41) is 0.657. The molecule has 0 radical (unpaired) electrons. The van der Waals surface area contributed by atoms with Crippen LogP contribution in [0.4, 0.5) is 0 Å². The highest BCUT2D eigenvalue weighted by Gasteiger charge is 1.90. The molecule has 0 aromatic rings. The van der Waals surface area contributed by atoms with Crippen molar-refractivity contribution in [2.45, 2.75) is 26.7 Å². The topological polar surface area (TPSA) is 17.1 Å². The maximum absolute atomic E-state index is 10.4. The molecular weight excluding hydrogens is 136 g/mol. The molecule has 0 aromatic carbocycles. The van der Waals surface area contributed by atoms with Crippen molar-refractivity contribution < 1.29 is 4.79 Å². The molecule has 0 fully saturated rings. The first kappa shape index (κ1) is 8.70. The summed E-state index contributed by atoms with van der Waals surface area (Å²) in [4.78, 5) is 10.4. The monoisotopic (exact) mass is 146 g/mol. The highest BCUT2D eigenvalue weighted by Crippen LogP contribution is 2.08. The summed E-state index contributed by atoms with van der Waals surface area (Å²) in [5.41, 5.74) is 0. The Kier molecular flexibility index (Phi) is 4.41. The van der Waals surface area contributed by atoms with Gasteiger partial charge in [-0.25, -0.2) is 0 Å². The molecule has 0 amide bonds. The summed E-state index contributed by atoms with van der Waals surface area (Å²) in [6.45, 7) is 3.52. The van der Waals surface area contributed by atoms with Crippen LogP contribution in [-0.4, -0.2) is 5.78 Å². The number of carbonyl (C=O) groups excluding carboxylic acids is 1. The van der Waals surface area contributed by atoms with E-state index in [4.69, 9.17) is 11.6 Å². The molecule has 0 aliphatic heterocycles. The molecule has 0 aliphatic rings. The molecule has 0 unspecified atom stereocenters. The lowest BCUT2D eigenvalue weighted by Crippen LogP contribution is -1.82. The zero-order valence-electron chi connectivity index (χ0n) is 5.78. The van der Waals surface area contributed by atoms with Crippen molar-refractivity contribution in [3.63, 3.8) is 0 Å². The number of halogens is 1. The molecule has 0 spiro atoms. The van der Waals surface area contributed by atoms with Crippen molar-refractivity contribution in [2.75, 3.05) is 0 Å². The molecule has 0 atom stereocenters. The van der Waals surface area contributed by atoms with E-state index in [2.05, 4.69) is 0 Å². The van der Waals surface area contributed by atoms with Crippen molar-refractivity contribution in [1.82, 2.24) is 0 Å². The SMILES string of the molecule is CCC/C(Cl)=C/C(C)=O. The standard InChI is InChI=1S/C7H11ClO/c1-3-4-7(8)5-6(2)9/h5H,3-4H2,1-2H3/b7-5-. The minimum Gasteiger partial charge on any atom is -0.295 e. The summed E-state index contributed by atoms with van der Waals surface area (Å²) in [5.74, 6) is 0.0217. The van der Waals surface area contributed by atoms with Gasteiger partial charge in [0.05, 0.1) is 0 Å². The van der Waals surface area contributed by atoms with E-state index in [0.29, 0.717) is 5.03 Å². The summed E-state index contributed by atoms with van der Waals surface area (Å²) in [6, 6.07) is 0. The van der Waals surface area contributed by atoms with Gasteiger partial charge >= 0.3 is 0 Å². The number of carbonyl (C=O) groups is 1. The third-order valence-electron chi connectivity index (χ3n) is 0.849. The van der Waals surface area contributed by atoms with Crippen LogP contribution in [0.5, 0.6) is 0 Å². The molecular formula is C7H11ClO. The molecule has 1 nitrogen and oxygen atoms in total. The maximum atomic E-state index is 10.4.